The van der Waals surface area contributed by atoms with E-state index in [9.17, 15) is 8.42 Å². The van der Waals surface area contributed by atoms with Crippen LogP contribution in [0.15, 0.2) is 0 Å². The molecule has 15 heavy (non-hydrogen) atoms. The van der Waals surface area contributed by atoms with E-state index in [4.69, 9.17) is 5.73 Å². The molecule has 0 radical (unpaired) electrons. The van der Waals surface area contributed by atoms with Gasteiger partial charge in [0.1, 0.15) is 0 Å². The summed E-state index contributed by atoms with van der Waals surface area (Å²) in [6, 6.07) is 0.231. The molecule has 0 aromatic heterocycles. The number of sulfonamides is 1. The number of nitrogens with two attached hydrogens (primary N) is 1. The van der Waals surface area contributed by atoms with Crippen molar-refractivity contribution in [1.29, 1.82) is 0 Å². The lowest BCUT2D eigenvalue weighted by atomic mass is 9.98. The second kappa shape index (κ2) is 3.18. The van der Waals surface area contributed by atoms with Crippen LogP contribution in [0.5, 0.6) is 0 Å². The summed E-state index contributed by atoms with van der Waals surface area (Å²) >= 11 is 0. The molecule has 0 aromatic rings. The molecule has 0 amide bonds. The van der Waals surface area contributed by atoms with Crippen molar-refractivity contribution in [3.8, 4) is 0 Å². The largest absolute Gasteiger partial charge is 0.327 e. The van der Waals surface area contributed by atoms with Crippen LogP contribution < -0.4 is 5.73 Å². The van der Waals surface area contributed by atoms with E-state index in [0.717, 1.165) is 32.2 Å². The van der Waals surface area contributed by atoms with Crippen LogP contribution in [-0.2, 0) is 10.0 Å². The van der Waals surface area contributed by atoms with Gasteiger partial charge in [0, 0.05) is 19.1 Å². The van der Waals surface area contributed by atoms with Crippen molar-refractivity contribution in [2.75, 3.05) is 13.1 Å². The minimum atomic E-state index is -2.95. The molecule has 3 rings (SSSR count). The summed E-state index contributed by atoms with van der Waals surface area (Å²) in [7, 11) is -2.95. The van der Waals surface area contributed by atoms with Gasteiger partial charge in [0.2, 0.25) is 10.0 Å². The highest BCUT2D eigenvalue weighted by Crippen LogP contribution is 2.41. The van der Waals surface area contributed by atoms with Gasteiger partial charge < -0.3 is 5.73 Å². The van der Waals surface area contributed by atoms with E-state index >= 15 is 0 Å². The zero-order valence-corrected chi connectivity index (χ0v) is 9.62. The predicted molar refractivity (Wildman–Crippen MR) is 57.7 cm³/mol. The van der Waals surface area contributed by atoms with Crippen LogP contribution >= 0.6 is 0 Å². The molecule has 4 nitrogen and oxygen atoms in total. The van der Waals surface area contributed by atoms with E-state index in [1.807, 2.05) is 0 Å². The number of hydrogen-bond acceptors (Lipinski definition) is 3. The van der Waals surface area contributed by atoms with Crippen molar-refractivity contribution in [3.05, 3.63) is 0 Å². The predicted octanol–water partition coefficient (Wildman–Crippen LogP) is 0.148. The van der Waals surface area contributed by atoms with Crippen LogP contribution in [0.2, 0.25) is 0 Å². The van der Waals surface area contributed by atoms with E-state index in [-0.39, 0.29) is 11.3 Å². The molecule has 3 unspecified atom stereocenters. The van der Waals surface area contributed by atoms with E-state index in [1.165, 1.54) is 0 Å². The quantitative estimate of drug-likeness (QED) is 0.734. The highest BCUT2D eigenvalue weighted by molar-refractivity contribution is 7.90. The van der Waals surface area contributed by atoms with E-state index < -0.39 is 10.0 Å². The van der Waals surface area contributed by atoms with Crippen molar-refractivity contribution < 1.29 is 8.42 Å². The number of nitrogens with zero attached hydrogens (tertiary/aromatic N) is 1. The Labute approximate surface area is 90.9 Å². The van der Waals surface area contributed by atoms with Gasteiger partial charge in [0.15, 0.2) is 0 Å². The molecule has 0 aromatic carbocycles. The molecular weight excluding hydrogens is 212 g/mol. The molecular formula is C10H18N2O2S. The van der Waals surface area contributed by atoms with Crippen LogP contribution in [0.1, 0.15) is 25.7 Å². The summed E-state index contributed by atoms with van der Waals surface area (Å²) in [5.41, 5.74) is 6.00. The Morgan fingerprint density at radius 2 is 1.80 bits per heavy atom. The van der Waals surface area contributed by atoms with Gasteiger partial charge in [0.25, 0.3) is 0 Å². The van der Waals surface area contributed by atoms with Gasteiger partial charge in [0.05, 0.1) is 5.25 Å². The van der Waals surface area contributed by atoms with E-state index in [2.05, 4.69) is 0 Å². The van der Waals surface area contributed by atoms with E-state index in [1.54, 1.807) is 4.31 Å². The summed E-state index contributed by atoms with van der Waals surface area (Å²) < 4.78 is 25.7. The maximum absolute atomic E-state index is 12.0. The van der Waals surface area contributed by atoms with Crippen LogP contribution in [0.25, 0.3) is 0 Å². The first-order valence-corrected chi connectivity index (χ1v) is 7.34. The van der Waals surface area contributed by atoms with Crippen molar-refractivity contribution in [3.63, 3.8) is 0 Å². The molecule has 3 atom stereocenters. The zero-order valence-electron chi connectivity index (χ0n) is 8.80. The Bertz CT molecular complexity index is 364. The van der Waals surface area contributed by atoms with Crippen molar-refractivity contribution in [1.82, 2.24) is 4.31 Å². The minimum Gasteiger partial charge on any atom is -0.327 e. The Kier molecular flexibility index (Phi) is 2.13. The Balaban J connectivity index is 1.76. The van der Waals surface area contributed by atoms with Crippen LogP contribution in [0, 0.1) is 11.8 Å². The molecule has 3 fully saturated rings. The molecule has 1 heterocycles. The van der Waals surface area contributed by atoms with Gasteiger partial charge in [-0.15, -0.1) is 0 Å². The molecule has 1 aliphatic heterocycles. The fraction of sp³-hybridized carbons (Fsp3) is 1.00. The molecule has 86 valence electrons. The standard InChI is InChI=1S/C10H18N2O2S/c11-10-4-1-7-5-12(6-9(7)10)15(13,14)8-2-3-8/h7-10H,1-6,11H2. The average molecular weight is 230 g/mol. The van der Waals surface area contributed by atoms with Gasteiger partial charge >= 0.3 is 0 Å². The molecule has 0 bridgehead atoms. The zero-order chi connectivity index (χ0) is 10.6. The van der Waals surface area contributed by atoms with Crippen molar-refractivity contribution in [2.24, 2.45) is 17.6 Å². The van der Waals surface area contributed by atoms with Crippen LogP contribution in [-0.4, -0.2) is 37.1 Å². The topological polar surface area (TPSA) is 63.4 Å². The van der Waals surface area contributed by atoms with Gasteiger partial charge in [-0.05, 0) is 37.5 Å². The Morgan fingerprint density at radius 3 is 2.40 bits per heavy atom. The highest BCUT2D eigenvalue weighted by atomic mass is 32.2. The molecule has 2 N–H and O–H groups in total. The number of hydrogen-bond donors (Lipinski definition) is 1. The summed E-state index contributed by atoms with van der Waals surface area (Å²) in [6.45, 7) is 1.42. The second-order valence-corrected chi connectivity index (χ2v) is 7.44. The van der Waals surface area contributed by atoms with Gasteiger partial charge in [-0.1, -0.05) is 0 Å². The monoisotopic (exact) mass is 230 g/mol. The fourth-order valence-corrected chi connectivity index (χ4v) is 4.98. The van der Waals surface area contributed by atoms with Crippen molar-refractivity contribution in [2.45, 2.75) is 37.0 Å². The SMILES string of the molecule is NC1CCC2CN(S(=O)(=O)C3CC3)CC12. The van der Waals surface area contributed by atoms with E-state index in [0.29, 0.717) is 18.4 Å². The molecule has 1 saturated heterocycles. The molecule has 0 spiro atoms. The highest BCUT2D eigenvalue weighted by Gasteiger charge is 2.48. The first-order valence-electron chi connectivity index (χ1n) is 5.83. The second-order valence-electron chi connectivity index (χ2n) is 5.23. The normalized spacial score (nSPS) is 42.1. The van der Waals surface area contributed by atoms with Crippen LogP contribution in [0.3, 0.4) is 0 Å². The van der Waals surface area contributed by atoms with Gasteiger partial charge in [-0.2, -0.15) is 0 Å². The van der Waals surface area contributed by atoms with Gasteiger partial charge in [-0.3, -0.25) is 0 Å². The smallest absolute Gasteiger partial charge is 0.217 e. The summed E-state index contributed by atoms with van der Waals surface area (Å²) in [5, 5.41) is -0.0625. The third-order valence-electron chi connectivity index (χ3n) is 4.18. The molecule has 5 heteroatoms. The number of rotatable bonds is 2. The first-order chi connectivity index (χ1) is 7.09. The third-order valence-corrected chi connectivity index (χ3v) is 6.52. The lowest BCUT2D eigenvalue weighted by Gasteiger charge is -2.18. The lowest BCUT2D eigenvalue weighted by Crippen LogP contribution is -2.35. The molecule has 2 aliphatic carbocycles. The minimum absolute atomic E-state index is 0.0625. The summed E-state index contributed by atoms with van der Waals surface area (Å²) in [4.78, 5) is 0. The van der Waals surface area contributed by atoms with Crippen LogP contribution in [0.4, 0.5) is 0 Å². The maximum atomic E-state index is 12.0. The van der Waals surface area contributed by atoms with Gasteiger partial charge in [-0.25, -0.2) is 12.7 Å². The number of fused-ring (bicyclic) bond motifs is 1. The lowest BCUT2D eigenvalue weighted by molar-refractivity contribution is 0.426. The fourth-order valence-electron chi connectivity index (χ4n) is 3.05. The van der Waals surface area contributed by atoms with Crippen molar-refractivity contribution >= 4 is 10.0 Å². The Hall–Kier alpha value is -0.130. The summed E-state index contributed by atoms with van der Waals surface area (Å²) in [6.07, 6.45) is 3.91. The molecule has 3 aliphatic rings. The summed E-state index contributed by atoms with van der Waals surface area (Å²) in [5.74, 6) is 0.965. The average Bonchev–Trinajstić information content (AvgIpc) is 2.86. The molecule has 2 saturated carbocycles. The Morgan fingerprint density at radius 1 is 1.07 bits per heavy atom. The maximum Gasteiger partial charge on any atom is 0.217 e. The first kappa shape index (κ1) is 10.1. The third kappa shape index (κ3) is 1.52.